The normalized spacial score (nSPS) is 13.1. The van der Waals surface area contributed by atoms with E-state index in [9.17, 15) is 4.79 Å². The van der Waals surface area contributed by atoms with Crippen molar-refractivity contribution in [1.82, 2.24) is 0 Å². The average molecular weight is 281 g/mol. The van der Waals surface area contributed by atoms with Crippen molar-refractivity contribution >= 4 is 28.4 Å². The number of Topliss-reactive ketones (excluding diaryl/α,β-unsaturated/α-hetero) is 1. The Kier molecular flexibility index (Phi) is 4.27. The molecule has 4 heteroatoms. The number of hydrogen-bond acceptors (Lipinski definition) is 3. The standard InChI is InChI=1S/C15H17ClO3/c1-4-18-15(9(2)3)14(17)13-8-10-7-11(16)5-6-12(10)19-13/h5-9,15H,4H2,1-3H3. The van der Waals surface area contributed by atoms with Crippen LogP contribution < -0.4 is 0 Å². The summed E-state index contributed by atoms with van der Waals surface area (Å²) in [6.45, 7) is 6.29. The maximum Gasteiger partial charge on any atom is 0.226 e. The van der Waals surface area contributed by atoms with Gasteiger partial charge >= 0.3 is 0 Å². The summed E-state index contributed by atoms with van der Waals surface area (Å²) in [4.78, 5) is 12.4. The van der Waals surface area contributed by atoms with Crippen LogP contribution in [-0.4, -0.2) is 18.5 Å². The Morgan fingerprint density at radius 2 is 2.11 bits per heavy atom. The van der Waals surface area contributed by atoms with Gasteiger partial charge in [-0.2, -0.15) is 0 Å². The minimum atomic E-state index is -0.471. The number of ketones is 1. The Balaban J connectivity index is 2.34. The van der Waals surface area contributed by atoms with Crippen molar-refractivity contribution in [2.75, 3.05) is 6.61 Å². The molecule has 1 atom stereocenters. The molecule has 1 aromatic heterocycles. The molecule has 2 aromatic rings. The van der Waals surface area contributed by atoms with Crippen LogP contribution in [0.5, 0.6) is 0 Å². The lowest BCUT2D eigenvalue weighted by Gasteiger charge is -2.17. The molecule has 0 amide bonds. The number of benzene rings is 1. The second-order valence-corrected chi connectivity index (χ2v) is 5.21. The topological polar surface area (TPSA) is 39.4 Å². The molecule has 3 nitrogen and oxygen atoms in total. The maximum atomic E-state index is 12.4. The number of hydrogen-bond donors (Lipinski definition) is 0. The quantitative estimate of drug-likeness (QED) is 0.765. The van der Waals surface area contributed by atoms with Crippen LogP contribution in [0.3, 0.4) is 0 Å². The minimum absolute atomic E-state index is 0.101. The molecular formula is C15H17ClO3. The van der Waals surface area contributed by atoms with Crippen LogP contribution in [0.2, 0.25) is 5.02 Å². The first-order chi connectivity index (χ1) is 9.02. The van der Waals surface area contributed by atoms with E-state index in [2.05, 4.69) is 0 Å². The van der Waals surface area contributed by atoms with Gasteiger partial charge in [0.05, 0.1) is 0 Å². The molecule has 0 bridgehead atoms. The zero-order valence-electron chi connectivity index (χ0n) is 11.3. The highest BCUT2D eigenvalue weighted by Crippen LogP contribution is 2.25. The lowest BCUT2D eigenvalue weighted by molar-refractivity contribution is 0.0259. The molecule has 0 fully saturated rings. The van der Waals surface area contributed by atoms with Crippen LogP contribution >= 0.6 is 11.6 Å². The van der Waals surface area contributed by atoms with E-state index in [-0.39, 0.29) is 11.7 Å². The molecule has 0 saturated carbocycles. The fourth-order valence-electron chi connectivity index (χ4n) is 2.03. The molecule has 0 aliphatic rings. The Bertz CT molecular complexity index is 586. The van der Waals surface area contributed by atoms with Crippen molar-refractivity contribution in [2.24, 2.45) is 5.92 Å². The predicted octanol–water partition coefficient (Wildman–Crippen LogP) is 4.33. The van der Waals surface area contributed by atoms with E-state index in [4.69, 9.17) is 20.8 Å². The van der Waals surface area contributed by atoms with Gasteiger partial charge in [-0.25, -0.2) is 0 Å². The van der Waals surface area contributed by atoms with Crippen LogP contribution in [0, 0.1) is 5.92 Å². The lowest BCUT2D eigenvalue weighted by Crippen LogP contribution is -2.29. The van der Waals surface area contributed by atoms with Gasteiger partial charge in [0.25, 0.3) is 0 Å². The third-order valence-corrected chi connectivity index (χ3v) is 3.17. The molecule has 19 heavy (non-hydrogen) atoms. The largest absolute Gasteiger partial charge is 0.453 e. The van der Waals surface area contributed by atoms with Gasteiger partial charge in [0.1, 0.15) is 11.7 Å². The summed E-state index contributed by atoms with van der Waals surface area (Å²) in [5, 5.41) is 1.45. The summed E-state index contributed by atoms with van der Waals surface area (Å²) >= 11 is 5.92. The van der Waals surface area contributed by atoms with Crippen molar-refractivity contribution in [3.05, 3.63) is 35.0 Å². The van der Waals surface area contributed by atoms with E-state index in [1.807, 2.05) is 20.8 Å². The highest BCUT2D eigenvalue weighted by Gasteiger charge is 2.26. The van der Waals surface area contributed by atoms with E-state index >= 15 is 0 Å². The second kappa shape index (κ2) is 5.76. The molecule has 0 spiro atoms. The minimum Gasteiger partial charge on any atom is -0.453 e. The number of fused-ring (bicyclic) bond motifs is 1. The van der Waals surface area contributed by atoms with Crippen LogP contribution in [0.25, 0.3) is 11.0 Å². The number of carbonyl (C=O) groups excluding carboxylic acids is 1. The number of carbonyl (C=O) groups is 1. The molecule has 0 saturated heterocycles. The fraction of sp³-hybridized carbons (Fsp3) is 0.400. The molecule has 0 aliphatic carbocycles. The molecule has 1 heterocycles. The van der Waals surface area contributed by atoms with E-state index in [1.54, 1.807) is 24.3 Å². The first-order valence-corrected chi connectivity index (χ1v) is 6.75. The summed E-state index contributed by atoms with van der Waals surface area (Å²) in [5.41, 5.74) is 0.659. The first kappa shape index (κ1) is 14.1. The fourth-order valence-corrected chi connectivity index (χ4v) is 2.21. The van der Waals surface area contributed by atoms with Gasteiger partial charge in [-0.3, -0.25) is 4.79 Å². The monoisotopic (exact) mass is 280 g/mol. The smallest absolute Gasteiger partial charge is 0.226 e. The van der Waals surface area contributed by atoms with Crippen molar-refractivity contribution in [3.8, 4) is 0 Å². The zero-order valence-corrected chi connectivity index (χ0v) is 12.0. The van der Waals surface area contributed by atoms with Gasteiger partial charge in [0.15, 0.2) is 5.76 Å². The highest BCUT2D eigenvalue weighted by atomic mass is 35.5. The summed E-state index contributed by atoms with van der Waals surface area (Å²) in [7, 11) is 0. The van der Waals surface area contributed by atoms with Crippen molar-refractivity contribution in [2.45, 2.75) is 26.9 Å². The van der Waals surface area contributed by atoms with Crippen molar-refractivity contribution in [3.63, 3.8) is 0 Å². The summed E-state index contributed by atoms with van der Waals surface area (Å²) < 4.78 is 11.1. The van der Waals surface area contributed by atoms with Gasteiger partial charge in [0, 0.05) is 17.0 Å². The Hall–Kier alpha value is -1.32. The number of ether oxygens (including phenoxy) is 1. The Morgan fingerprint density at radius 1 is 1.37 bits per heavy atom. The maximum absolute atomic E-state index is 12.4. The summed E-state index contributed by atoms with van der Waals surface area (Å²) in [6, 6.07) is 7.00. The van der Waals surface area contributed by atoms with Crippen LogP contribution in [-0.2, 0) is 4.74 Å². The van der Waals surface area contributed by atoms with E-state index in [0.29, 0.717) is 23.0 Å². The number of furan rings is 1. The molecule has 0 N–H and O–H groups in total. The molecular weight excluding hydrogens is 264 g/mol. The molecule has 102 valence electrons. The average Bonchev–Trinajstić information content (AvgIpc) is 2.77. The van der Waals surface area contributed by atoms with Gasteiger partial charge < -0.3 is 9.15 Å². The van der Waals surface area contributed by atoms with E-state index in [1.165, 1.54) is 0 Å². The SMILES string of the molecule is CCOC(C(=O)c1cc2cc(Cl)ccc2o1)C(C)C. The van der Waals surface area contributed by atoms with Gasteiger partial charge in [-0.15, -0.1) is 0 Å². The third-order valence-electron chi connectivity index (χ3n) is 2.93. The van der Waals surface area contributed by atoms with E-state index < -0.39 is 6.10 Å². The van der Waals surface area contributed by atoms with Crippen molar-refractivity contribution in [1.29, 1.82) is 0 Å². The molecule has 2 rings (SSSR count). The summed E-state index contributed by atoms with van der Waals surface area (Å²) in [5.74, 6) is 0.304. The summed E-state index contributed by atoms with van der Waals surface area (Å²) in [6.07, 6.45) is -0.471. The molecule has 0 radical (unpaired) electrons. The van der Waals surface area contributed by atoms with Crippen LogP contribution in [0.15, 0.2) is 28.7 Å². The molecule has 0 aliphatic heterocycles. The van der Waals surface area contributed by atoms with Gasteiger partial charge in [0.2, 0.25) is 5.78 Å². The van der Waals surface area contributed by atoms with Crippen LogP contribution in [0.1, 0.15) is 31.3 Å². The number of halogens is 1. The first-order valence-electron chi connectivity index (χ1n) is 6.37. The Labute approximate surface area is 117 Å². The molecule has 1 aromatic carbocycles. The van der Waals surface area contributed by atoms with Gasteiger partial charge in [-0.1, -0.05) is 25.4 Å². The Morgan fingerprint density at radius 3 is 2.74 bits per heavy atom. The van der Waals surface area contributed by atoms with Gasteiger partial charge in [-0.05, 0) is 37.1 Å². The lowest BCUT2D eigenvalue weighted by atomic mass is 10.0. The number of rotatable bonds is 5. The second-order valence-electron chi connectivity index (χ2n) is 4.78. The molecule has 1 unspecified atom stereocenters. The zero-order chi connectivity index (χ0) is 14.0. The van der Waals surface area contributed by atoms with E-state index in [0.717, 1.165) is 5.39 Å². The third kappa shape index (κ3) is 2.99. The van der Waals surface area contributed by atoms with Crippen molar-refractivity contribution < 1.29 is 13.9 Å². The van der Waals surface area contributed by atoms with Crippen LogP contribution in [0.4, 0.5) is 0 Å². The highest BCUT2D eigenvalue weighted by molar-refractivity contribution is 6.31. The predicted molar refractivity (Wildman–Crippen MR) is 75.8 cm³/mol.